The molecule has 4 N–H and O–H groups in total. The maximum absolute atomic E-state index is 11.2. The molecule has 6 heteroatoms. The summed E-state index contributed by atoms with van der Waals surface area (Å²) in [5.74, 6) is -0.810. The molecule has 1 rings (SSSR count). The maximum atomic E-state index is 11.2. The van der Waals surface area contributed by atoms with Crippen molar-refractivity contribution >= 4 is 11.9 Å². The third-order valence-electron chi connectivity index (χ3n) is 3.25. The van der Waals surface area contributed by atoms with Crippen LogP contribution in [0.1, 0.15) is 40.0 Å². The zero-order valence-electron chi connectivity index (χ0n) is 13.2. The lowest BCUT2D eigenvalue weighted by atomic mass is 10.1. The van der Waals surface area contributed by atoms with E-state index in [1.165, 1.54) is 6.92 Å². The van der Waals surface area contributed by atoms with Gasteiger partial charge >= 0.3 is 5.97 Å². The molecule has 1 aliphatic rings. The lowest BCUT2D eigenvalue weighted by Gasteiger charge is -2.23. The van der Waals surface area contributed by atoms with Gasteiger partial charge in [-0.25, -0.2) is 0 Å². The van der Waals surface area contributed by atoms with Gasteiger partial charge in [-0.2, -0.15) is 0 Å². The van der Waals surface area contributed by atoms with Gasteiger partial charge in [0, 0.05) is 20.0 Å². The highest BCUT2D eigenvalue weighted by molar-refractivity contribution is 5.74. The number of carboxylic acid groups (broad SMARTS) is 1. The molecule has 6 nitrogen and oxygen atoms in total. The first-order valence-electron chi connectivity index (χ1n) is 7.35. The van der Waals surface area contributed by atoms with E-state index in [2.05, 4.69) is 11.8 Å². The van der Waals surface area contributed by atoms with Crippen molar-refractivity contribution in [2.45, 2.75) is 52.2 Å². The average molecular weight is 300 g/mol. The van der Waals surface area contributed by atoms with Crippen molar-refractivity contribution in [1.29, 1.82) is 0 Å². The lowest BCUT2D eigenvalue weighted by Crippen LogP contribution is -2.40. The molecule has 0 aromatic carbocycles. The molecule has 0 bridgehead atoms. The molecule has 3 atom stereocenters. The zero-order valence-corrected chi connectivity index (χ0v) is 13.2. The number of allylic oxidation sites excluding steroid dienone is 1. The van der Waals surface area contributed by atoms with Crippen molar-refractivity contribution in [1.82, 2.24) is 4.90 Å². The second-order valence-electron chi connectivity index (χ2n) is 5.38. The Kier molecular flexibility index (Phi) is 9.65. The van der Waals surface area contributed by atoms with Crippen LogP contribution in [0.25, 0.3) is 0 Å². The van der Waals surface area contributed by atoms with E-state index in [1.807, 2.05) is 24.8 Å². The highest BCUT2D eigenvalue weighted by Gasteiger charge is 2.36. The molecule has 1 fully saturated rings. The Hall–Kier alpha value is -1.40. The molecule has 0 aromatic heterocycles. The Labute approximate surface area is 126 Å². The predicted molar refractivity (Wildman–Crippen MR) is 81.7 cm³/mol. The second kappa shape index (κ2) is 10.3. The van der Waals surface area contributed by atoms with Crippen molar-refractivity contribution in [3.63, 3.8) is 0 Å². The van der Waals surface area contributed by atoms with E-state index in [0.29, 0.717) is 18.9 Å². The Balaban J connectivity index is 0.000000885. The smallest absolute Gasteiger partial charge is 0.320 e. The maximum Gasteiger partial charge on any atom is 0.320 e. The highest BCUT2D eigenvalue weighted by atomic mass is 16.4. The van der Waals surface area contributed by atoms with Gasteiger partial charge in [-0.1, -0.05) is 25.5 Å². The number of aliphatic hydroxyl groups excluding tert-OH is 1. The number of hydrogen-bond donors (Lipinski definition) is 3. The summed E-state index contributed by atoms with van der Waals surface area (Å²) in [6.07, 6.45) is 5.92. The van der Waals surface area contributed by atoms with E-state index >= 15 is 0 Å². The first-order chi connectivity index (χ1) is 9.81. The quantitative estimate of drug-likeness (QED) is 0.635. The van der Waals surface area contributed by atoms with Crippen LogP contribution in [-0.2, 0) is 9.59 Å². The number of carbonyl (C=O) groups excluding carboxylic acids is 1. The summed E-state index contributed by atoms with van der Waals surface area (Å²) in [4.78, 5) is 22.3. The van der Waals surface area contributed by atoms with Gasteiger partial charge in [0.1, 0.15) is 6.04 Å². The van der Waals surface area contributed by atoms with Gasteiger partial charge < -0.3 is 15.9 Å². The predicted octanol–water partition coefficient (Wildman–Crippen LogP) is 0.990. The molecular weight excluding hydrogens is 272 g/mol. The summed E-state index contributed by atoms with van der Waals surface area (Å²) in [6.45, 7) is 6.48. The van der Waals surface area contributed by atoms with E-state index in [1.54, 1.807) is 0 Å². The van der Waals surface area contributed by atoms with Gasteiger partial charge in [-0.05, 0) is 25.7 Å². The van der Waals surface area contributed by atoms with Crippen LogP contribution in [-0.4, -0.2) is 52.2 Å². The van der Waals surface area contributed by atoms with Gasteiger partial charge in [-0.15, -0.1) is 0 Å². The second-order valence-corrected chi connectivity index (χ2v) is 5.38. The van der Waals surface area contributed by atoms with Crippen LogP contribution in [0, 0.1) is 5.92 Å². The molecule has 1 saturated heterocycles. The Morgan fingerprint density at radius 1 is 1.48 bits per heavy atom. The van der Waals surface area contributed by atoms with Crippen LogP contribution in [0.15, 0.2) is 12.2 Å². The Bertz CT molecular complexity index is 354. The standard InChI is InChI=1S/C13H23NO3.C2H5NO/c1-3-5-10-7-12(13(16)17)14(8-10)9-11(15)6-4-2;1-2(3)4/h3,5,10-12,15H,4,6-9H2,1-2H3,(H,16,17);1H3,(H2,3,4)/t10-,11?,12+;/m0./s1. The van der Waals surface area contributed by atoms with Gasteiger partial charge in [0.15, 0.2) is 0 Å². The first-order valence-corrected chi connectivity index (χ1v) is 7.35. The number of primary amides is 1. The molecule has 1 aliphatic heterocycles. The fraction of sp³-hybridized carbons (Fsp3) is 0.733. The summed E-state index contributed by atoms with van der Waals surface area (Å²) in [6, 6.07) is -0.442. The van der Waals surface area contributed by atoms with Crippen LogP contribution < -0.4 is 5.73 Å². The fourth-order valence-electron chi connectivity index (χ4n) is 2.50. The minimum atomic E-state index is -0.777. The van der Waals surface area contributed by atoms with E-state index in [-0.39, 0.29) is 5.91 Å². The lowest BCUT2D eigenvalue weighted by molar-refractivity contribution is -0.142. The zero-order chi connectivity index (χ0) is 16.4. The van der Waals surface area contributed by atoms with Crippen molar-refractivity contribution in [3.05, 3.63) is 12.2 Å². The third kappa shape index (κ3) is 8.47. The number of rotatable bonds is 6. The normalized spacial score (nSPS) is 23.6. The number of hydrogen-bond acceptors (Lipinski definition) is 4. The molecule has 21 heavy (non-hydrogen) atoms. The molecule has 0 aliphatic carbocycles. The number of β-amino-alcohol motifs (C(OH)–C–C–N with tert-alkyl or cyclic N) is 1. The number of aliphatic hydroxyl groups is 1. The van der Waals surface area contributed by atoms with E-state index in [4.69, 9.17) is 5.11 Å². The minimum Gasteiger partial charge on any atom is -0.480 e. The largest absolute Gasteiger partial charge is 0.480 e. The van der Waals surface area contributed by atoms with Crippen LogP contribution in [0.5, 0.6) is 0 Å². The number of carbonyl (C=O) groups is 2. The summed E-state index contributed by atoms with van der Waals surface area (Å²) >= 11 is 0. The number of nitrogens with zero attached hydrogens (tertiary/aromatic N) is 1. The van der Waals surface area contributed by atoms with Crippen LogP contribution in [0.4, 0.5) is 0 Å². The van der Waals surface area contributed by atoms with Crippen molar-refractivity contribution in [2.75, 3.05) is 13.1 Å². The number of aliphatic carboxylic acids is 1. The van der Waals surface area contributed by atoms with Crippen LogP contribution >= 0.6 is 0 Å². The van der Waals surface area contributed by atoms with Gasteiger partial charge in [0.05, 0.1) is 6.10 Å². The number of likely N-dealkylation sites (tertiary alicyclic amines) is 1. The van der Waals surface area contributed by atoms with E-state index in [9.17, 15) is 14.7 Å². The molecule has 0 spiro atoms. The first kappa shape index (κ1) is 19.6. The molecule has 1 heterocycles. The molecule has 1 amide bonds. The molecule has 122 valence electrons. The SMILES string of the molecule is CC(N)=O.CC=C[C@H]1C[C@H](C(=O)O)N(CC(O)CCC)C1. The average Bonchev–Trinajstić information content (AvgIpc) is 2.72. The van der Waals surface area contributed by atoms with Crippen LogP contribution in [0.3, 0.4) is 0 Å². The molecule has 0 aromatic rings. The topological polar surface area (TPSA) is 104 Å². The minimum absolute atomic E-state index is 0.301. The summed E-state index contributed by atoms with van der Waals surface area (Å²) in [7, 11) is 0. The Morgan fingerprint density at radius 2 is 2.05 bits per heavy atom. The van der Waals surface area contributed by atoms with E-state index in [0.717, 1.165) is 19.4 Å². The molecule has 0 radical (unpaired) electrons. The third-order valence-corrected chi connectivity index (χ3v) is 3.25. The molecule has 0 saturated carbocycles. The number of nitrogens with two attached hydrogens (primary N) is 1. The molecule has 1 unspecified atom stereocenters. The fourth-order valence-corrected chi connectivity index (χ4v) is 2.50. The van der Waals surface area contributed by atoms with Gasteiger partial charge in [-0.3, -0.25) is 14.5 Å². The van der Waals surface area contributed by atoms with Crippen molar-refractivity contribution in [2.24, 2.45) is 11.7 Å². The highest BCUT2D eigenvalue weighted by Crippen LogP contribution is 2.25. The van der Waals surface area contributed by atoms with Crippen molar-refractivity contribution < 1.29 is 19.8 Å². The summed E-state index contributed by atoms with van der Waals surface area (Å²) in [5, 5.41) is 18.9. The summed E-state index contributed by atoms with van der Waals surface area (Å²) in [5.41, 5.74) is 4.47. The Morgan fingerprint density at radius 3 is 2.48 bits per heavy atom. The number of amides is 1. The monoisotopic (exact) mass is 300 g/mol. The van der Waals surface area contributed by atoms with Gasteiger partial charge in [0.25, 0.3) is 0 Å². The van der Waals surface area contributed by atoms with Gasteiger partial charge in [0.2, 0.25) is 5.91 Å². The van der Waals surface area contributed by atoms with E-state index < -0.39 is 18.1 Å². The number of carboxylic acids is 1. The summed E-state index contributed by atoms with van der Waals surface area (Å²) < 4.78 is 0. The van der Waals surface area contributed by atoms with Crippen molar-refractivity contribution in [3.8, 4) is 0 Å². The van der Waals surface area contributed by atoms with Crippen LogP contribution in [0.2, 0.25) is 0 Å². The molecular formula is C15H28N2O4.